The van der Waals surface area contributed by atoms with Crippen molar-refractivity contribution in [1.82, 2.24) is 0 Å². The summed E-state index contributed by atoms with van der Waals surface area (Å²) in [5.74, 6) is 0. The molecule has 0 fully saturated rings. The fourth-order valence-electron chi connectivity index (χ4n) is 1.29. The predicted octanol–water partition coefficient (Wildman–Crippen LogP) is 0.655. The van der Waals surface area contributed by atoms with E-state index in [9.17, 15) is 10.2 Å². The Morgan fingerprint density at radius 1 is 1.29 bits per heavy atom. The fraction of sp³-hybridized carbons (Fsp3) is 0.400. The van der Waals surface area contributed by atoms with Gasteiger partial charge in [-0.15, -0.1) is 0 Å². The van der Waals surface area contributed by atoms with Gasteiger partial charge in [0.05, 0.1) is 6.10 Å². The van der Waals surface area contributed by atoms with Gasteiger partial charge < -0.3 is 21.7 Å². The van der Waals surface area contributed by atoms with Crippen molar-refractivity contribution in [3.8, 4) is 0 Å². The number of aliphatic hydroxyl groups is 2. The number of hydrogen-bond acceptors (Lipinski definition) is 4. The molecule has 0 unspecified atom stereocenters. The van der Waals surface area contributed by atoms with Crippen LogP contribution < -0.4 is 11.5 Å². The highest BCUT2D eigenvalue weighted by Gasteiger charge is 2.18. The lowest BCUT2D eigenvalue weighted by molar-refractivity contribution is 0.0169. The van der Waals surface area contributed by atoms with Crippen molar-refractivity contribution < 1.29 is 10.2 Å². The molecule has 1 rings (SSSR count). The Hall–Kier alpha value is -1.26. The normalized spacial score (nSPS) is 15.1. The van der Waals surface area contributed by atoms with Gasteiger partial charge in [0.1, 0.15) is 6.10 Å². The minimum absolute atomic E-state index is 0.407. The van der Waals surface area contributed by atoms with Crippen molar-refractivity contribution in [2.75, 3.05) is 11.5 Å². The molecule has 78 valence electrons. The lowest BCUT2D eigenvalue weighted by Gasteiger charge is -2.18. The number of rotatable bonds is 3. The molecule has 14 heavy (non-hydrogen) atoms. The van der Waals surface area contributed by atoms with Crippen molar-refractivity contribution in [2.45, 2.75) is 25.6 Å². The maximum absolute atomic E-state index is 9.69. The van der Waals surface area contributed by atoms with Crippen molar-refractivity contribution in [3.05, 3.63) is 23.8 Å². The molecule has 1 aromatic carbocycles. The molecule has 0 saturated carbocycles. The molecule has 6 N–H and O–H groups in total. The van der Waals surface area contributed by atoms with Crippen LogP contribution in [0.15, 0.2) is 18.2 Å². The van der Waals surface area contributed by atoms with E-state index in [-0.39, 0.29) is 0 Å². The van der Waals surface area contributed by atoms with Gasteiger partial charge in [-0.1, -0.05) is 13.0 Å². The number of anilines is 2. The van der Waals surface area contributed by atoms with E-state index in [2.05, 4.69) is 0 Å². The second-order valence-corrected chi connectivity index (χ2v) is 3.31. The molecule has 4 heteroatoms. The molecule has 0 spiro atoms. The second kappa shape index (κ2) is 4.30. The smallest absolute Gasteiger partial charge is 0.107 e. The second-order valence-electron chi connectivity index (χ2n) is 3.31. The molecule has 0 amide bonds. The zero-order valence-electron chi connectivity index (χ0n) is 8.14. The Morgan fingerprint density at radius 2 is 1.93 bits per heavy atom. The van der Waals surface area contributed by atoms with Crippen LogP contribution in [-0.2, 0) is 0 Å². The Morgan fingerprint density at radius 3 is 2.43 bits per heavy atom. The van der Waals surface area contributed by atoms with Gasteiger partial charge in [0.2, 0.25) is 0 Å². The molecule has 4 nitrogen and oxygen atoms in total. The largest absolute Gasteiger partial charge is 0.399 e. The average Bonchev–Trinajstić information content (AvgIpc) is 2.15. The summed E-state index contributed by atoms with van der Waals surface area (Å²) in [7, 11) is 0. The van der Waals surface area contributed by atoms with Crippen LogP contribution in [0.3, 0.4) is 0 Å². The van der Waals surface area contributed by atoms with Crippen LogP contribution >= 0.6 is 0 Å². The van der Waals surface area contributed by atoms with Crippen LogP contribution in [0.4, 0.5) is 11.4 Å². The van der Waals surface area contributed by atoms with Crippen molar-refractivity contribution >= 4 is 11.4 Å². The maximum Gasteiger partial charge on any atom is 0.107 e. The highest BCUT2D eigenvalue weighted by Crippen LogP contribution is 2.25. The average molecular weight is 196 g/mol. The summed E-state index contributed by atoms with van der Waals surface area (Å²) >= 11 is 0. The molecule has 0 aliphatic rings. The number of benzene rings is 1. The topological polar surface area (TPSA) is 92.5 Å². The molecule has 0 aromatic heterocycles. The van der Waals surface area contributed by atoms with Gasteiger partial charge in [-0.05, 0) is 18.6 Å². The highest BCUT2D eigenvalue weighted by molar-refractivity contribution is 5.57. The summed E-state index contributed by atoms with van der Waals surface area (Å²) in [6.07, 6.45) is -1.26. The minimum atomic E-state index is -0.944. The van der Waals surface area contributed by atoms with E-state index in [1.165, 1.54) is 0 Å². The third kappa shape index (κ3) is 2.16. The molecule has 0 aliphatic heterocycles. The maximum atomic E-state index is 9.69. The van der Waals surface area contributed by atoms with E-state index in [0.29, 0.717) is 23.4 Å². The minimum Gasteiger partial charge on any atom is -0.399 e. The van der Waals surface area contributed by atoms with Gasteiger partial charge >= 0.3 is 0 Å². The number of nitrogens with two attached hydrogens (primary N) is 2. The van der Waals surface area contributed by atoms with Crippen molar-refractivity contribution in [2.24, 2.45) is 0 Å². The zero-order valence-corrected chi connectivity index (χ0v) is 8.14. The lowest BCUT2D eigenvalue weighted by atomic mass is 10.0. The van der Waals surface area contributed by atoms with E-state index < -0.39 is 12.2 Å². The number of hydrogen-bond donors (Lipinski definition) is 4. The first-order chi connectivity index (χ1) is 6.56. The Labute approximate surface area is 83.2 Å². The first kappa shape index (κ1) is 10.8. The monoisotopic (exact) mass is 196 g/mol. The summed E-state index contributed by atoms with van der Waals surface area (Å²) in [4.78, 5) is 0. The van der Waals surface area contributed by atoms with Crippen LogP contribution in [0.25, 0.3) is 0 Å². The lowest BCUT2D eigenvalue weighted by Crippen LogP contribution is -2.18. The Balaban J connectivity index is 2.95. The van der Waals surface area contributed by atoms with Crippen LogP contribution in [0.5, 0.6) is 0 Å². The Kier molecular flexibility index (Phi) is 3.33. The summed E-state index contributed by atoms with van der Waals surface area (Å²) in [6, 6.07) is 4.85. The van der Waals surface area contributed by atoms with Crippen LogP contribution in [-0.4, -0.2) is 16.3 Å². The van der Waals surface area contributed by atoms with E-state index >= 15 is 0 Å². The summed E-state index contributed by atoms with van der Waals surface area (Å²) in [5.41, 5.74) is 12.7. The van der Waals surface area contributed by atoms with Crippen molar-refractivity contribution in [3.63, 3.8) is 0 Å². The van der Waals surface area contributed by atoms with Gasteiger partial charge in [-0.3, -0.25) is 0 Å². The van der Waals surface area contributed by atoms with Gasteiger partial charge in [-0.2, -0.15) is 0 Å². The standard InChI is InChI=1S/C10H16N2O2/c1-2-9(13)10(14)7-4-3-6(11)5-8(7)12/h3-5,9-10,13-14H,2,11-12H2,1H3/t9-,10-/m0/s1. The van der Waals surface area contributed by atoms with E-state index in [1.54, 1.807) is 25.1 Å². The molecular weight excluding hydrogens is 180 g/mol. The molecule has 0 bridgehead atoms. The summed E-state index contributed by atoms with van der Waals surface area (Å²) in [5, 5.41) is 19.1. The van der Waals surface area contributed by atoms with E-state index in [0.717, 1.165) is 0 Å². The van der Waals surface area contributed by atoms with Gasteiger partial charge in [0, 0.05) is 16.9 Å². The summed E-state index contributed by atoms with van der Waals surface area (Å²) in [6.45, 7) is 1.79. The molecule has 1 aromatic rings. The molecule has 0 radical (unpaired) electrons. The van der Waals surface area contributed by atoms with Gasteiger partial charge in [0.15, 0.2) is 0 Å². The molecule has 2 atom stereocenters. The highest BCUT2D eigenvalue weighted by atomic mass is 16.3. The quantitative estimate of drug-likeness (QED) is 0.534. The van der Waals surface area contributed by atoms with E-state index in [1.807, 2.05) is 0 Å². The first-order valence-electron chi connectivity index (χ1n) is 4.57. The third-order valence-electron chi connectivity index (χ3n) is 2.21. The SMILES string of the molecule is CC[C@H](O)[C@@H](O)c1ccc(N)cc1N. The van der Waals surface area contributed by atoms with Gasteiger partial charge in [-0.25, -0.2) is 0 Å². The van der Waals surface area contributed by atoms with Crippen molar-refractivity contribution in [1.29, 1.82) is 0 Å². The molecular formula is C10H16N2O2. The summed E-state index contributed by atoms with van der Waals surface area (Å²) < 4.78 is 0. The molecule has 0 saturated heterocycles. The Bertz CT molecular complexity index is 315. The third-order valence-corrected chi connectivity index (χ3v) is 2.21. The van der Waals surface area contributed by atoms with Crippen LogP contribution in [0, 0.1) is 0 Å². The molecule has 0 heterocycles. The van der Waals surface area contributed by atoms with Crippen LogP contribution in [0.1, 0.15) is 25.0 Å². The predicted molar refractivity (Wildman–Crippen MR) is 56.5 cm³/mol. The number of aliphatic hydroxyl groups excluding tert-OH is 2. The first-order valence-corrected chi connectivity index (χ1v) is 4.57. The zero-order chi connectivity index (χ0) is 10.7. The molecule has 0 aliphatic carbocycles. The van der Waals surface area contributed by atoms with Gasteiger partial charge in [0.25, 0.3) is 0 Å². The number of nitrogen functional groups attached to an aromatic ring is 2. The fourth-order valence-corrected chi connectivity index (χ4v) is 1.29. The van der Waals surface area contributed by atoms with Crippen LogP contribution in [0.2, 0.25) is 0 Å². The van der Waals surface area contributed by atoms with E-state index in [4.69, 9.17) is 11.5 Å².